The number of anilines is 1. The minimum Gasteiger partial charge on any atom is -0.495 e. The molecule has 0 saturated carbocycles. The zero-order valence-electron chi connectivity index (χ0n) is 16.3. The molecule has 156 valence electrons. The summed E-state index contributed by atoms with van der Waals surface area (Å²) in [6.07, 6.45) is 4.91. The van der Waals surface area contributed by atoms with Crippen molar-refractivity contribution in [1.29, 1.82) is 0 Å². The predicted octanol–water partition coefficient (Wildman–Crippen LogP) is 3.85. The molecule has 0 fully saturated rings. The number of thioether (sulfide) groups is 1. The quantitative estimate of drug-likeness (QED) is 0.391. The molecule has 0 spiro atoms. The molecule has 0 radical (unpaired) electrons. The van der Waals surface area contributed by atoms with Crippen molar-refractivity contribution in [2.75, 3.05) is 26.1 Å². The summed E-state index contributed by atoms with van der Waals surface area (Å²) in [6, 6.07) is 8.43. The smallest absolute Gasteiger partial charge is 0.262 e. The summed E-state index contributed by atoms with van der Waals surface area (Å²) in [7, 11) is 3.02. The number of carbonyl (C=O) groups is 1. The number of hydrogen-bond donors (Lipinski definition) is 1. The van der Waals surface area contributed by atoms with Crippen molar-refractivity contribution in [3.05, 3.63) is 59.6 Å². The van der Waals surface area contributed by atoms with E-state index in [2.05, 4.69) is 20.3 Å². The van der Waals surface area contributed by atoms with E-state index in [1.807, 2.05) is 0 Å². The zero-order valence-corrected chi connectivity index (χ0v) is 17.9. The van der Waals surface area contributed by atoms with Crippen molar-refractivity contribution < 1.29 is 19.0 Å². The first kappa shape index (κ1) is 21.7. The van der Waals surface area contributed by atoms with Crippen LogP contribution in [0.25, 0.3) is 0 Å². The number of pyridine rings is 1. The van der Waals surface area contributed by atoms with E-state index in [0.29, 0.717) is 38.9 Å². The molecule has 0 aliphatic rings. The number of methoxy groups -OCH3 is 2. The lowest BCUT2D eigenvalue weighted by Crippen LogP contribution is -2.20. The average molecular weight is 447 g/mol. The lowest BCUT2D eigenvalue weighted by atomic mass is 10.3. The van der Waals surface area contributed by atoms with Crippen LogP contribution in [0, 0.1) is 0 Å². The van der Waals surface area contributed by atoms with Crippen molar-refractivity contribution in [2.24, 2.45) is 0 Å². The number of nitrogens with zero attached hydrogens (tertiary/aromatic N) is 3. The Bertz CT molecular complexity index is 1010. The minimum absolute atomic E-state index is 0.232. The van der Waals surface area contributed by atoms with E-state index in [1.54, 1.807) is 48.9 Å². The minimum atomic E-state index is -0.372. The van der Waals surface area contributed by atoms with Gasteiger partial charge in [-0.1, -0.05) is 23.4 Å². The maximum Gasteiger partial charge on any atom is 0.262 e. The standard InChI is InChI=1S/C20H19ClN4O4S/c1-27-16-5-4-13(21)8-15(16)25-19(26)11-29-17-9-14(24-10-18(17)28-2)12-30-20-22-6-3-7-23-20/h3-10H,11-12H2,1-2H3,(H,25,26). The van der Waals surface area contributed by atoms with E-state index in [0.717, 1.165) is 5.69 Å². The van der Waals surface area contributed by atoms with Gasteiger partial charge in [0.1, 0.15) is 5.75 Å². The van der Waals surface area contributed by atoms with Crippen LogP contribution in [0.1, 0.15) is 5.69 Å². The number of carbonyl (C=O) groups excluding carboxylic acids is 1. The van der Waals surface area contributed by atoms with Crippen LogP contribution in [0.3, 0.4) is 0 Å². The van der Waals surface area contributed by atoms with E-state index >= 15 is 0 Å². The summed E-state index contributed by atoms with van der Waals surface area (Å²) in [6.45, 7) is -0.232. The summed E-state index contributed by atoms with van der Waals surface area (Å²) in [5.41, 5.74) is 1.19. The van der Waals surface area contributed by atoms with Gasteiger partial charge in [0.15, 0.2) is 23.3 Å². The summed E-state index contributed by atoms with van der Waals surface area (Å²) in [5, 5.41) is 3.85. The molecule has 0 unspecified atom stereocenters. The van der Waals surface area contributed by atoms with Gasteiger partial charge in [0, 0.05) is 29.2 Å². The fraction of sp³-hybridized carbons (Fsp3) is 0.200. The highest BCUT2D eigenvalue weighted by molar-refractivity contribution is 7.98. The van der Waals surface area contributed by atoms with Crippen LogP contribution >= 0.6 is 23.4 Å². The number of rotatable bonds is 9. The number of benzene rings is 1. The maximum atomic E-state index is 12.3. The molecular formula is C20H19ClN4O4S. The number of hydrogen-bond acceptors (Lipinski definition) is 8. The molecule has 10 heteroatoms. The predicted molar refractivity (Wildman–Crippen MR) is 115 cm³/mol. The van der Waals surface area contributed by atoms with Crippen molar-refractivity contribution in [3.63, 3.8) is 0 Å². The molecule has 0 saturated heterocycles. The summed E-state index contributed by atoms with van der Waals surface area (Å²) in [4.78, 5) is 25.0. The number of ether oxygens (including phenoxy) is 3. The fourth-order valence-electron chi connectivity index (χ4n) is 2.42. The number of amides is 1. The Kier molecular flexibility index (Phi) is 7.69. The summed E-state index contributed by atoms with van der Waals surface area (Å²) >= 11 is 7.43. The van der Waals surface area contributed by atoms with Gasteiger partial charge in [0.25, 0.3) is 5.91 Å². The third-order valence-corrected chi connectivity index (χ3v) is 4.94. The van der Waals surface area contributed by atoms with Gasteiger partial charge in [-0.05, 0) is 24.3 Å². The highest BCUT2D eigenvalue weighted by Gasteiger charge is 2.13. The van der Waals surface area contributed by atoms with Crippen LogP contribution in [0.15, 0.2) is 54.1 Å². The van der Waals surface area contributed by atoms with Crippen LogP contribution < -0.4 is 19.5 Å². The first-order valence-corrected chi connectivity index (χ1v) is 10.1. The lowest BCUT2D eigenvalue weighted by Gasteiger charge is -2.13. The Morgan fingerprint density at radius 1 is 1.07 bits per heavy atom. The monoisotopic (exact) mass is 446 g/mol. The number of nitrogens with one attached hydrogen (secondary N) is 1. The molecule has 3 rings (SSSR count). The van der Waals surface area contributed by atoms with E-state index in [-0.39, 0.29) is 12.5 Å². The van der Waals surface area contributed by atoms with Crippen LogP contribution in [-0.4, -0.2) is 41.7 Å². The third kappa shape index (κ3) is 5.98. The highest BCUT2D eigenvalue weighted by atomic mass is 35.5. The molecule has 30 heavy (non-hydrogen) atoms. The fourth-order valence-corrected chi connectivity index (χ4v) is 3.29. The van der Waals surface area contributed by atoms with E-state index in [9.17, 15) is 4.79 Å². The van der Waals surface area contributed by atoms with E-state index < -0.39 is 0 Å². The average Bonchev–Trinajstić information content (AvgIpc) is 2.77. The Labute approximate surface area is 183 Å². The third-order valence-electron chi connectivity index (χ3n) is 3.79. The molecule has 2 heterocycles. The second-order valence-corrected chi connectivity index (χ2v) is 7.21. The Balaban J connectivity index is 1.63. The Hall–Kier alpha value is -3.04. The van der Waals surface area contributed by atoms with Crippen LogP contribution in [0.4, 0.5) is 5.69 Å². The van der Waals surface area contributed by atoms with Gasteiger partial charge >= 0.3 is 0 Å². The largest absolute Gasteiger partial charge is 0.495 e. The zero-order chi connectivity index (χ0) is 21.3. The molecule has 1 aromatic carbocycles. The van der Waals surface area contributed by atoms with Gasteiger partial charge in [-0.2, -0.15) is 0 Å². The molecule has 1 amide bonds. The van der Waals surface area contributed by atoms with Gasteiger partial charge in [-0.25, -0.2) is 9.97 Å². The molecule has 0 bridgehead atoms. The van der Waals surface area contributed by atoms with Crippen molar-refractivity contribution in [2.45, 2.75) is 10.9 Å². The number of halogens is 1. The van der Waals surface area contributed by atoms with Gasteiger partial charge < -0.3 is 19.5 Å². The van der Waals surface area contributed by atoms with Gasteiger partial charge in [-0.15, -0.1) is 0 Å². The topological polar surface area (TPSA) is 95.5 Å². The molecular weight excluding hydrogens is 428 g/mol. The SMILES string of the molecule is COc1ccc(Cl)cc1NC(=O)COc1cc(CSc2ncccn2)ncc1OC. The first-order chi connectivity index (χ1) is 14.6. The Morgan fingerprint density at radius 3 is 2.57 bits per heavy atom. The summed E-state index contributed by atoms with van der Waals surface area (Å²) < 4.78 is 16.2. The van der Waals surface area contributed by atoms with E-state index in [1.165, 1.54) is 26.0 Å². The second kappa shape index (κ2) is 10.7. The molecule has 0 atom stereocenters. The lowest BCUT2D eigenvalue weighted by molar-refractivity contribution is -0.118. The van der Waals surface area contributed by atoms with Crippen molar-refractivity contribution in [3.8, 4) is 17.2 Å². The molecule has 8 nitrogen and oxygen atoms in total. The molecule has 0 aliphatic carbocycles. The van der Waals surface area contributed by atoms with Crippen LogP contribution in [-0.2, 0) is 10.5 Å². The number of aromatic nitrogens is 3. The molecule has 1 N–H and O–H groups in total. The van der Waals surface area contributed by atoms with Gasteiger partial charge in [0.2, 0.25) is 0 Å². The molecule has 0 aliphatic heterocycles. The normalized spacial score (nSPS) is 10.4. The molecule has 2 aromatic heterocycles. The molecule has 3 aromatic rings. The highest BCUT2D eigenvalue weighted by Crippen LogP contribution is 2.30. The second-order valence-electron chi connectivity index (χ2n) is 5.83. The van der Waals surface area contributed by atoms with Gasteiger partial charge in [0.05, 0.1) is 31.8 Å². The Morgan fingerprint density at radius 2 is 1.83 bits per heavy atom. The summed E-state index contributed by atoms with van der Waals surface area (Å²) in [5.74, 6) is 1.49. The first-order valence-electron chi connectivity index (χ1n) is 8.78. The van der Waals surface area contributed by atoms with Crippen LogP contribution in [0.2, 0.25) is 5.02 Å². The maximum absolute atomic E-state index is 12.3. The van der Waals surface area contributed by atoms with Crippen molar-refractivity contribution in [1.82, 2.24) is 15.0 Å². The van der Waals surface area contributed by atoms with Crippen molar-refractivity contribution >= 4 is 35.0 Å². The van der Waals surface area contributed by atoms with Crippen LogP contribution in [0.5, 0.6) is 17.2 Å². The van der Waals surface area contributed by atoms with Gasteiger partial charge in [-0.3, -0.25) is 9.78 Å². The van der Waals surface area contributed by atoms with E-state index in [4.69, 9.17) is 25.8 Å².